The number of aromatic hydroxyl groups is 1. The van der Waals surface area contributed by atoms with Crippen LogP contribution >= 0.6 is 15.9 Å². The largest absolute Gasteiger partial charge is 0.504 e. The third kappa shape index (κ3) is 2.17. The van der Waals surface area contributed by atoms with E-state index in [2.05, 4.69) is 15.9 Å². The normalized spacial score (nSPS) is 12.6. The lowest BCUT2D eigenvalue weighted by Gasteiger charge is -2.13. The van der Waals surface area contributed by atoms with E-state index >= 15 is 0 Å². The van der Waals surface area contributed by atoms with Gasteiger partial charge >= 0.3 is 0 Å². The fraction of sp³-hybridized carbons (Fsp3) is 0.333. The number of benzene rings is 1. The Kier molecular flexibility index (Phi) is 3.74. The van der Waals surface area contributed by atoms with Crippen LogP contribution in [0.5, 0.6) is 11.5 Å². The third-order valence-corrected chi connectivity index (χ3v) is 2.58. The summed E-state index contributed by atoms with van der Waals surface area (Å²) in [4.78, 5) is 0. The quantitative estimate of drug-likeness (QED) is 0.763. The Labute approximate surface area is 90.4 Å². The number of nitrogens with two attached hydrogens (primary N) is 1. The summed E-state index contributed by atoms with van der Waals surface area (Å²) >= 11 is 3.28. The van der Waals surface area contributed by atoms with Gasteiger partial charge in [-0.2, -0.15) is 0 Å². The molecule has 0 aliphatic rings. The molecule has 78 valence electrons. The molecule has 0 aromatic heterocycles. The number of rotatable bonds is 3. The van der Waals surface area contributed by atoms with Crippen LogP contribution in [0.3, 0.4) is 0 Å². The molecule has 0 saturated carbocycles. The van der Waals surface area contributed by atoms with Gasteiger partial charge in [0.2, 0.25) is 0 Å². The zero-order valence-electron chi connectivity index (χ0n) is 7.70. The van der Waals surface area contributed by atoms with Gasteiger partial charge in [0.25, 0.3) is 0 Å². The maximum absolute atomic E-state index is 9.48. The zero-order chi connectivity index (χ0) is 10.7. The first-order valence-corrected chi connectivity index (χ1v) is 4.82. The molecule has 4 nitrogen and oxygen atoms in total. The van der Waals surface area contributed by atoms with Crippen LogP contribution in [0.25, 0.3) is 0 Å². The Balaban J connectivity index is 3.14. The van der Waals surface area contributed by atoms with Crippen molar-refractivity contribution in [1.82, 2.24) is 0 Å². The minimum atomic E-state index is -0.513. The zero-order valence-corrected chi connectivity index (χ0v) is 9.28. The van der Waals surface area contributed by atoms with E-state index < -0.39 is 6.04 Å². The second-order valence-corrected chi connectivity index (χ2v) is 3.69. The molecule has 0 bridgehead atoms. The molecule has 0 amide bonds. The number of aliphatic hydroxyl groups excluding tert-OH is 1. The molecule has 0 aliphatic carbocycles. The third-order valence-electron chi connectivity index (χ3n) is 1.89. The lowest BCUT2D eigenvalue weighted by molar-refractivity contribution is 0.267. The molecule has 0 fully saturated rings. The predicted octanol–water partition coefficient (Wildman–Crippen LogP) is 1.16. The van der Waals surface area contributed by atoms with Gasteiger partial charge in [-0.3, -0.25) is 0 Å². The number of phenolic OH excluding ortho intramolecular Hbond substituents is 1. The molecule has 4 N–H and O–H groups in total. The molecule has 1 rings (SSSR count). The van der Waals surface area contributed by atoms with Crippen LogP contribution in [0.2, 0.25) is 0 Å². The molecular weight excluding hydrogens is 250 g/mol. The highest BCUT2D eigenvalue weighted by Gasteiger charge is 2.13. The first kappa shape index (κ1) is 11.3. The molecule has 0 radical (unpaired) electrons. The van der Waals surface area contributed by atoms with E-state index in [1.54, 1.807) is 6.07 Å². The van der Waals surface area contributed by atoms with Crippen LogP contribution in [0, 0.1) is 0 Å². The van der Waals surface area contributed by atoms with Crippen LogP contribution in [0.4, 0.5) is 0 Å². The Morgan fingerprint density at radius 3 is 2.71 bits per heavy atom. The molecule has 1 aromatic carbocycles. The van der Waals surface area contributed by atoms with Gasteiger partial charge in [-0.15, -0.1) is 0 Å². The molecular formula is C9H12BrNO3. The lowest BCUT2D eigenvalue weighted by atomic mass is 10.1. The van der Waals surface area contributed by atoms with Crippen LogP contribution in [0.15, 0.2) is 16.6 Å². The SMILES string of the molecule is COc1cc(Br)c(C(N)CO)cc1O. The monoisotopic (exact) mass is 261 g/mol. The number of phenols is 1. The van der Waals surface area contributed by atoms with Crippen molar-refractivity contribution in [3.05, 3.63) is 22.2 Å². The van der Waals surface area contributed by atoms with Crippen molar-refractivity contribution in [2.24, 2.45) is 5.73 Å². The minimum Gasteiger partial charge on any atom is -0.504 e. The van der Waals surface area contributed by atoms with Gasteiger partial charge in [0.05, 0.1) is 19.8 Å². The van der Waals surface area contributed by atoms with Gasteiger partial charge in [0.15, 0.2) is 11.5 Å². The average Bonchev–Trinajstić information content (AvgIpc) is 2.19. The summed E-state index contributed by atoms with van der Waals surface area (Å²) in [6, 6.07) is 2.57. The minimum absolute atomic E-state index is 0.00889. The average molecular weight is 262 g/mol. The number of hydrogen-bond acceptors (Lipinski definition) is 4. The molecule has 0 aliphatic heterocycles. The smallest absolute Gasteiger partial charge is 0.161 e. The molecule has 1 atom stereocenters. The van der Waals surface area contributed by atoms with Crippen LogP contribution < -0.4 is 10.5 Å². The summed E-state index contributed by atoms with van der Waals surface area (Å²) in [7, 11) is 1.47. The topological polar surface area (TPSA) is 75.7 Å². The second kappa shape index (κ2) is 4.63. The van der Waals surface area contributed by atoms with Gasteiger partial charge < -0.3 is 20.7 Å². The van der Waals surface area contributed by atoms with Crippen molar-refractivity contribution < 1.29 is 14.9 Å². The Bertz CT molecular complexity index is 330. The Morgan fingerprint density at radius 2 is 2.21 bits per heavy atom. The van der Waals surface area contributed by atoms with Crippen molar-refractivity contribution in [2.45, 2.75) is 6.04 Å². The number of ether oxygens (including phenoxy) is 1. The van der Waals surface area contributed by atoms with Gasteiger partial charge in [0, 0.05) is 4.47 Å². The van der Waals surface area contributed by atoms with Crippen molar-refractivity contribution in [1.29, 1.82) is 0 Å². The van der Waals surface area contributed by atoms with E-state index in [0.717, 1.165) is 0 Å². The molecule has 1 aromatic rings. The number of methoxy groups -OCH3 is 1. The fourth-order valence-corrected chi connectivity index (χ4v) is 1.72. The van der Waals surface area contributed by atoms with Gasteiger partial charge in [0.1, 0.15) is 0 Å². The summed E-state index contributed by atoms with van der Waals surface area (Å²) in [5.41, 5.74) is 6.27. The van der Waals surface area contributed by atoms with Crippen LogP contribution in [-0.4, -0.2) is 23.9 Å². The van der Waals surface area contributed by atoms with Crippen LogP contribution in [-0.2, 0) is 0 Å². The highest BCUT2D eigenvalue weighted by Crippen LogP contribution is 2.34. The molecule has 0 heterocycles. The van der Waals surface area contributed by atoms with E-state index in [1.807, 2.05) is 0 Å². The standard InChI is InChI=1S/C9H12BrNO3/c1-14-9-3-6(10)5(2-8(9)13)7(11)4-12/h2-3,7,12-13H,4,11H2,1H3. The fourth-order valence-electron chi connectivity index (χ4n) is 1.11. The van der Waals surface area contributed by atoms with Gasteiger partial charge in [-0.05, 0) is 17.7 Å². The molecule has 0 saturated heterocycles. The maximum Gasteiger partial charge on any atom is 0.161 e. The van der Waals surface area contributed by atoms with Gasteiger partial charge in [-0.25, -0.2) is 0 Å². The van der Waals surface area contributed by atoms with Crippen LogP contribution in [0.1, 0.15) is 11.6 Å². The number of halogens is 1. The van der Waals surface area contributed by atoms with E-state index in [0.29, 0.717) is 15.8 Å². The van der Waals surface area contributed by atoms with Crippen molar-refractivity contribution in [3.8, 4) is 11.5 Å². The van der Waals surface area contributed by atoms with E-state index in [4.69, 9.17) is 15.6 Å². The molecule has 1 unspecified atom stereocenters. The summed E-state index contributed by atoms with van der Waals surface area (Å²) in [5, 5.41) is 18.3. The summed E-state index contributed by atoms with van der Waals surface area (Å²) in [6.07, 6.45) is 0. The van der Waals surface area contributed by atoms with E-state index in [9.17, 15) is 5.11 Å². The second-order valence-electron chi connectivity index (χ2n) is 2.83. The van der Waals surface area contributed by atoms with Gasteiger partial charge in [-0.1, -0.05) is 15.9 Å². The summed E-state index contributed by atoms with van der Waals surface area (Å²) < 4.78 is 5.61. The number of aliphatic hydroxyl groups is 1. The number of hydrogen-bond donors (Lipinski definition) is 3. The van der Waals surface area contributed by atoms with Crippen molar-refractivity contribution in [2.75, 3.05) is 13.7 Å². The van der Waals surface area contributed by atoms with Crippen molar-refractivity contribution >= 4 is 15.9 Å². The first-order chi connectivity index (χ1) is 6.60. The molecule has 5 heteroatoms. The lowest BCUT2D eigenvalue weighted by Crippen LogP contribution is -2.15. The first-order valence-electron chi connectivity index (χ1n) is 4.03. The molecule has 14 heavy (non-hydrogen) atoms. The van der Waals surface area contributed by atoms with Crippen molar-refractivity contribution in [3.63, 3.8) is 0 Å². The highest BCUT2D eigenvalue weighted by atomic mass is 79.9. The summed E-state index contributed by atoms with van der Waals surface area (Å²) in [6.45, 7) is -0.176. The van der Waals surface area contributed by atoms with E-state index in [-0.39, 0.29) is 12.4 Å². The predicted molar refractivity (Wildman–Crippen MR) is 56.4 cm³/mol. The Hall–Kier alpha value is -0.780. The maximum atomic E-state index is 9.48. The molecule has 0 spiro atoms. The Morgan fingerprint density at radius 1 is 1.57 bits per heavy atom. The highest BCUT2D eigenvalue weighted by molar-refractivity contribution is 9.10. The van der Waals surface area contributed by atoms with E-state index in [1.165, 1.54) is 13.2 Å². The summed E-state index contributed by atoms with van der Waals surface area (Å²) in [5.74, 6) is 0.375.